The van der Waals surface area contributed by atoms with Gasteiger partial charge in [0.2, 0.25) is 0 Å². The van der Waals surface area contributed by atoms with Gasteiger partial charge < -0.3 is 13.9 Å². The Morgan fingerprint density at radius 1 is 0.304 bits per heavy atom. The maximum absolute atomic E-state index is 7.11. The van der Waals surface area contributed by atoms with Crippen molar-refractivity contribution in [3.63, 3.8) is 0 Å². The molecular formula is C66H42N2O. The average molecular weight is 879 g/mol. The van der Waals surface area contributed by atoms with Gasteiger partial charge in [0, 0.05) is 44.2 Å². The zero-order valence-electron chi connectivity index (χ0n) is 37.6. The SMILES string of the molecule is c1ccc(-c2cccc3c2oc2c4ccccc4cc(N(c4ccc(-c5ccc6c(c5)c5ccccc5n6-c5ccccc5)cc4)c4ccc(-c5cc6ccccc6c6ccccc56)cc4)c32)cc1. The molecule has 0 spiro atoms. The van der Waals surface area contributed by atoms with Crippen LogP contribution in [0.5, 0.6) is 0 Å². The average Bonchev–Trinajstić information content (AvgIpc) is 3.98. The molecule has 0 fully saturated rings. The molecule has 0 saturated heterocycles. The molecule has 14 rings (SSSR count). The molecule has 0 aliphatic rings. The van der Waals surface area contributed by atoms with Crippen molar-refractivity contribution in [2.45, 2.75) is 0 Å². The summed E-state index contributed by atoms with van der Waals surface area (Å²) in [6.45, 7) is 0. The van der Waals surface area contributed by atoms with Crippen molar-refractivity contribution in [2.75, 3.05) is 4.90 Å². The van der Waals surface area contributed by atoms with Crippen molar-refractivity contribution in [3.8, 4) is 39.1 Å². The normalized spacial score (nSPS) is 11.8. The van der Waals surface area contributed by atoms with Crippen LogP contribution in [0.25, 0.3) is 115 Å². The van der Waals surface area contributed by atoms with Gasteiger partial charge in [-0.1, -0.05) is 188 Å². The third-order valence-electron chi connectivity index (χ3n) is 14.1. The Balaban J connectivity index is 0.962. The molecule has 2 aromatic heterocycles. The molecule has 0 amide bonds. The Hall–Kier alpha value is -9.18. The number of hydrogen-bond acceptors (Lipinski definition) is 2. The lowest BCUT2D eigenvalue weighted by molar-refractivity contribution is 0.674. The summed E-state index contributed by atoms with van der Waals surface area (Å²) in [5.41, 5.74) is 15.4. The molecule has 0 bridgehead atoms. The van der Waals surface area contributed by atoms with Gasteiger partial charge in [0.05, 0.1) is 22.1 Å². The summed E-state index contributed by atoms with van der Waals surface area (Å²) in [7, 11) is 0. The summed E-state index contributed by atoms with van der Waals surface area (Å²) in [6.07, 6.45) is 0. The van der Waals surface area contributed by atoms with E-state index in [1.807, 2.05) is 0 Å². The van der Waals surface area contributed by atoms with Crippen LogP contribution in [0.2, 0.25) is 0 Å². The van der Waals surface area contributed by atoms with E-state index < -0.39 is 0 Å². The Labute approximate surface area is 399 Å². The van der Waals surface area contributed by atoms with E-state index in [0.717, 1.165) is 72.2 Å². The van der Waals surface area contributed by atoms with Gasteiger partial charge in [-0.15, -0.1) is 0 Å². The Bertz CT molecular complexity index is 4280. The van der Waals surface area contributed by atoms with Crippen LogP contribution in [0.4, 0.5) is 17.1 Å². The zero-order valence-corrected chi connectivity index (χ0v) is 37.6. The maximum Gasteiger partial charge on any atom is 0.145 e. The highest BCUT2D eigenvalue weighted by molar-refractivity contribution is 6.23. The highest BCUT2D eigenvalue weighted by atomic mass is 16.3. The first-order valence-corrected chi connectivity index (χ1v) is 23.7. The quantitative estimate of drug-likeness (QED) is 0.149. The fourth-order valence-corrected chi connectivity index (χ4v) is 11.0. The second kappa shape index (κ2) is 15.7. The molecule has 14 aromatic rings. The van der Waals surface area contributed by atoms with E-state index in [2.05, 4.69) is 264 Å². The second-order valence-corrected chi connectivity index (χ2v) is 18.0. The van der Waals surface area contributed by atoms with E-state index >= 15 is 0 Å². The molecule has 69 heavy (non-hydrogen) atoms. The third-order valence-corrected chi connectivity index (χ3v) is 14.1. The van der Waals surface area contributed by atoms with Crippen LogP contribution in [-0.2, 0) is 0 Å². The number of anilines is 3. The number of rotatable bonds is 7. The fraction of sp³-hybridized carbons (Fsp3) is 0. The lowest BCUT2D eigenvalue weighted by Gasteiger charge is -2.27. The molecule has 12 aromatic carbocycles. The fourth-order valence-electron chi connectivity index (χ4n) is 11.0. The summed E-state index contributed by atoms with van der Waals surface area (Å²) in [4.78, 5) is 2.42. The van der Waals surface area contributed by atoms with Crippen LogP contribution in [0.1, 0.15) is 0 Å². The molecule has 0 saturated carbocycles. The van der Waals surface area contributed by atoms with Crippen molar-refractivity contribution in [2.24, 2.45) is 0 Å². The van der Waals surface area contributed by atoms with Gasteiger partial charge in [0.25, 0.3) is 0 Å². The van der Waals surface area contributed by atoms with E-state index in [9.17, 15) is 0 Å². The highest BCUT2D eigenvalue weighted by Gasteiger charge is 2.24. The molecular weight excluding hydrogens is 837 g/mol. The van der Waals surface area contributed by atoms with Gasteiger partial charge in [-0.3, -0.25) is 0 Å². The zero-order chi connectivity index (χ0) is 45.4. The van der Waals surface area contributed by atoms with E-state index in [-0.39, 0.29) is 0 Å². The third kappa shape index (κ3) is 6.29. The van der Waals surface area contributed by atoms with E-state index in [1.165, 1.54) is 60.0 Å². The number of hydrogen-bond donors (Lipinski definition) is 0. The maximum atomic E-state index is 7.11. The van der Waals surface area contributed by atoms with E-state index in [1.54, 1.807) is 0 Å². The highest BCUT2D eigenvalue weighted by Crippen LogP contribution is 2.48. The van der Waals surface area contributed by atoms with Crippen LogP contribution in [0, 0.1) is 0 Å². The monoisotopic (exact) mass is 878 g/mol. The topological polar surface area (TPSA) is 21.3 Å². The van der Waals surface area contributed by atoms with Crippen molar-refractivity contribution in [1.29, 1.82) is 0 Å². The predicted molar refractivity (Wildman–Crippen MR) is 292 cm³/mol. The predicted octanol–water partition coefficient (Wildman–Crippen LogP) is 18.6. The number of fused-ring (bicyclic) bond motifs is 11. The van der Waals surface area contributed by atoms with E-state index in [0.29, 0.717) is 0 Å². The first-order chi connectivity index (χ1) is 34.2. The molecule has 3 nitrogen and oxygen atoms in total. The van der Waals surface area contributed by atoms with Crippen molar-refractivity contribution in [3.05, 3.63) is 255 Å². The minimum Gasteiger partial charge on any atom is -0.455 e. The lowest BCUT2D eigenvalue weighted by atomic mass is 9.93. The largest absolute Gasteiger partial charge is 0.455 e. The summed E-state index contributed by atoms with van der Waals surface area (Å²) in [5.74, 6) is 0. The van der Waals surface area contributed by atoms with Crippen molar-refractivity contribution in [1.82, 2.24) is 4.57 Å². The van der Waals surface area contributed by atoms with Gasteiger partial charge in [-0.25, -0.2) is 0 Å². The Morgan fingerprint density at radius 3 is 1.61 bits per heavy atom. The van der Waals surface area contributed by atoms with Crippen LogP contribution in [0.15, 0.2) is 259 Å². The molecule has 322 valence electrons. The summed E-state index contributed by atoms with van der Waals surface area (Å²) in [5, 5.41) is 11.8. The van der Waals surface area contributed by atoms with Gasteiger partial charge in [0.1, 0.15) is 11.2 Å². The van der Waals surface area contributed by atoms with Crippen molar-refractivity contribution < 1.29 is 4.42 Å². The molecule has 0 unspecified atom stereocenters. The number of aromatic nitrogens is 1. The molecule has 0 atom stereocenters. The Kier molecular flexibility index (Phi) is 8.90. The van der Waals surface area contributed by atoms with Gasteiger partial charge in [-0.2, -0.15) is 0 Å². The minimum atomic E-state index is 0.880. The molecule has 0 aliphatic heterocycles. The summed E-state index contributed by atoms with van der Waals surface area (Å²) < 4.78 is 9.48. The molecule has 0 aliphatic carbocycles. The van der Waals surface area contributed by atoms with E-state index in [4.69, 9.17) is 4.42 Å². The van der Waals surface area contributed by atoms with Crippen LogP contribution >= 0.6 is 0 Å². The van der Waals surface area contributed by atoms with Crippen LogP contribution in [0.3, 0.4) is 0 Å². The smallest absolute Gasteiger partial charge is 0.145 e. The first-order valence-electron chi connectivity index (χ1n) is 23.7. The first kappa shape index (κ1) is 39.0. The van der Waals surface area contributed by atoms with Gasteiger partial charge >= 0.3 is 0 Å². The van der Waals surface area contributed by atoms with Gasteiger partial charge in [0.15, 0.2) is 0 Å². The number of benzene rings is 12. The minimum absolute atomic E-state index is 0.880. The second-order valence-electron chi connectivity index (χ2n) is 18.0. The molecule has 0 N–H and O–H groups in total. The molecule has 3 heteroatoms. The van der Waals surface area contributed by atoms with Gasteiger partial charge in [-0.05, 0) is 121 Å². The lowest BCUT2D eigenvalue weighted by Crippen LogP contribution is -2.10. The number of para-hydroxylation sites is 3. The van der Waals surface area contributed by atoms with Crippen LogP contribution in [-0.4, -0.2) is 4.57 Å². The Morgan fingerprint density at radius 2 is 0.855 bits per heavy atom. The standard InChI is InChI=1S/C66H42N2O/c1-3-16-44(17-4-1)53-27-15-28-58-64-63(42-48-19-8-10-23-54(48)66(64)69-65(53)58)67(51-37-32-45(33-38-51)59-41-47-18-7-9-22-52(47)55-24-11-12-25-56(55)59)50-35-30-43(31-36-50)46-34-39-62-60(40-46)57-26-13-14-29-61(57)68(62)49-20-5-2-6-21-49/h1-42H. The molecule has 2 heterocycles. The summed E-state index contributed by atoms with van der Waals surface area (Å²) >= 11 is 0. The van der Waals surface area contributed by atoms with Crippen molar-refractivity contribution >= 4 is 93.1 Å². The summed E-state index contributed by atoms with van der Waals surface area (Å²) in [6, 6.07) is 92.4. The number of nitrogens with zero attached hydrogens (tertiary/aromatic N) is 2. The van der Waals surface area contributed by atoms with Crippen LogP contribution < -0.4 is 4.90 Å². The number of furan rings is 1. The molecule has 0 radical (unpaired) electrons.